The van der Waals surface area contributed by atoms with Crippen LogP contribution in [0, 0.1) is 11.8 Å². The molecule has 1 aromatic carbocycles. The molecule has 1 aromatic heterocycles. The Morgan fingerprint density at radius 2 is 2.18 bits per heavy atom. The number of thiazole rings is 1. The molecule has 0 N–H and O–H groups in total. The molecular weight excluding hydrogens is 232 g/mol. The number of nitrogens with zero attached hydrogens (tertiary/aromatic N) is 2. The van der Waals surface area contributed by atoms with Gasteiger partial charge in [0.25, 0.3) is 0 Å². The number of hydrogen-bond acceptors (Lipinski definition) is 3. The number of hydrogen-bond donors (Lipinski definition) is 0. The van der Waals surface area contributed by atoms with Gasteiger partial charge in [-0.05, 0) is 24.5 Å². The Hall–Kier alpha value is -1.42. The lowest BCUT2D eigenvalue weighted by molar-refractivity contribution is -0.119. The Kier molecular flexibility index (Phi) is 2.40. The maximum absolute atomic E-state index is 12.1. The molecule has 3 nitrogen and oxygen atoms in total. The van der Waals surface area contributed by atoms with Crippen LogP contribution < -0.4 is 4.90 Å². The molecular formula is C13H14N2OS. The van der Waals surface area contributed by atoms with Gasteiger partial charge in [0.15, 0.2) is 5.13 Å². The van der Waals surface area contributed by atoms with Gasteiger partial charge in [-0.15, -0.1) is 0 Å². The molecule has 1 aliphatic rings. The van der Waals surface area contributed by atoms with Crippen LogP contribution in [0.1, 0.15) is 13.3 Å². The third-order valence-corrected chi connectivity index (χ3v) is 4.44. The van der Waals surface area contributed by atoms with E-state index in [1.54, 1.807) is 16.2 Å². The SMILES string of the molecule is CC1CC1C(=O)N(C)c1nc2ccccc2s1. The van der Waals surface area contributed by atoms with E-state index < -0.39 is 0 Å². The van der Waals surface area contributed by atoms with Gasteiger partial charge in [-0.25, -0.2) is 4.98 Å². The summed E-state index contributed by atoms with van der Waals surface area (Å²) in [5.41, 5.74) is 0.969. The molecule has 2 aromatic rings. The fourth-order valence-electron chi connectivity index (χ4n) is 2.01. The van der Waals surface area contributed by atoms with Gasteiger partial charge in [0.05, 0.1) is 10.2 Å². The highest BCUT2D eigenvalue weighted by Gasteiger charge is 2.41. The van der Waals surface area contributed by atoms with E-state index in [-0.39, 0.29) is 11.8 Å². The molecule has 1 aliphatic carbocycles. The molecule has 0 spiro atoms. The summed E-state index contributed by atoms with van der Waals surface area (Å²) >= 11 is 1.57. The molecule has 1 fully saturated rings. The van der Waals surface area contributed by atoms with E-state index in [2.05, 4.69) is 11.9 Å². The minimum atomic E-state index is 0.205. The molecule has 0 bridgehead atoms. The Balaban J connectivity index is 1.90. The van der Waals surface area contributed by atoms with E-state index >= 15 is 0 Å². The molecule has 2 atom stereocenters. The lowest BCUT2D eigenvalue weighted by Gasteiger charge is -2.12. The second-order valence-electron chi connectivity index (χ2n) is 4.68. The molecule has 17 heavy (non-hydrogen) atoms. The van der Waals surface area contributed by atoms with Crippen LogP contribution in [0.25, 0.3) is 10.2 Å². The first kappa shape index (κ1) is 10.7. The van der Waals surface area contributed by atoms with E-state index in [9.17, 15) is 4.79 Å². The van der Waals surface area contributed by atoms with Gasteiger partial charge in [0.1, 0.15) is 0 Å². The summed E-state index contributed by atoms with van der Waals surface area (Å²) in [6.45, 7) is 2.12. The first-order valence-electron chi connectivity index (χ1n) is 5.80. The second-order valence-corrected chi connectivity index (χ2v) is 5.69. The van der Waals surface area contributed by atoms with Gasteiger partial charge in [-0.3, -0.25) is 9.69 Å². The highest BCUT2D eigenvalue weighted by atomic mass is 32.1. The summed E-state index contributed by atoms with van der Waals surface area (Å²) in [7, 11) is 1.82. The van der Waals surface area contributed by atoms with Crippen LogP contribution in [-0.4, -0.2) is 17.9 Å². The molecule has 1 amide bonds. The largest absolute Gasteiger partial charge is 0.291 e. The van der Waals surface area contributed by atoms with Crippen molar-refractivity contribution in [2.24, 2.45) is 11.8 Å². The Labute approximate surface area is 104 Å². The number of rotatable bonds is 2. The van der Waals surface area contributed by atoms with Crippen molar-refractivity contribution in [2.75, 3.05) is 11.9 Å². The Morgan fingerprint density at radius 1 is 1.47 bits per heavy atom. The summed E-state index contributed by atoms with van der Waals surface area (Å²) in [5.74, 6) is 0.961. The summed E-state index contributed by atoms with van der Waals surface area (Å²) < 4.78 is 1.13. The zero-order chi connectivity index (χ0) is 12.0. The van der Waals surface area contributed by atoms with Crippen molar-refractivity contribution in [3.63, 3.8) is 0 Å². The van der Waals surface area contributed by atoms with Gasteiger partial charge < -0.3 is 0 Å². The van der Waals surface area contributed by atoms with Crippen LogP contribution in [0.15, 0.2) is 24.3 Å². The molecule has 88 valence electrons. The normalized spacial score (nSPS) is 22.7. The minimum absolute atomic E-state index is 0.205. The van der Waals surface area contributed by atoms with Crippen LogP contribution >= 0.6 is 11.3 Å². The summed E-state index contributed by atoms with van der Waals surface area (Å²) in [6, 6.07) is 7.98. The second kappa shape index (κ2) is 3.81. The average molecular weight is 246 g/mol. The predicted octanol–water partition coefficient (Wildman–Crippen LogP) is 2.92. The van der Waals surface area contributed by atoms with E-state index in [0.717, 1.165) is 21.8 Å². The molecule has 0 saturated heterocycles. The van der Waals surface area contributed by atoms with Gasteiger partial charge in [0.2, 0.25) is 5.91 Å². The van der Waals surface area contributed by atoms with Crippen molar-refractivity contribution in [3.05, 3.63) is 24.3 Å². The third kappa shape index (κ3) is 1.82. The van der Waals surface area contributed by atoms with Crippen LogP contribution in [0.3, 0.4) is 0 Å². The first-order valence-corrected chi connectivity index (χ1v) is 6.61. The number of para-hydroxylation sites is 1. The van der Waals surface area contributed by atoms with Crippen LogP contribution in [0.2, 0.25) is 0 Å². The predicted molar refractivity (Wildman–Crippen MR) is 70.3 cm³/mol. The molecule has 1 heterocycles. The lowest BCUT2D eigenvalue weighted by atomic mass is 10.3. The fourth-order valence-corrected chi connectivity index (χ4v) is 2.95. The minimum Gasteiger partial charge on any atom is -0.291 e. The van der Waals surface area contributed by atoms with Crippen molar-refractivity contribution in [2.45, 2.75) is 13.3 Å². The molecule has 2 unspecified atom stereocenters. The van der Waals surface area contributed by atoms with E-state index in [1.165, 1.54) is 0 Å². The van der Waals surface area contributed by atoms with E-state index in [1.807, 2.05) is 31.3 Å². The van der Waals surface area contributed by atoms with Gasteiger partial charge in [-0.1, -0.05) is 30.4 Å². The lowest BCUT2D eigenvalue weighted by Crippen LogP contribution is -2.27. The maximum atomic E-state index is 12.1. The first-order chi connectivity index (χ1) is 8.16. The molecule has 1 saturated carbocycles. The summed E-state index contributed by atoms with van der Waals surface area (Å²) in [4.78, 5) is 18.3. The van der Waals surface area contributed by atoms with Crippen molar-refractivity contribution in [1.82, 2.24) is 4.98 Å². The molecule has 0 radical (unpaired) electrons. The fraction of sp³-hybridized carbons (Fsp3) is 0.385. The number of carbonyl (C=O) groups excluding carboxylic acids is 1. The van der Waals surface area contributed by atoms with Crippen molar-refractivity contribution >= 4 is 32.6 Å². The highest BCUT2D eigenvalue weighted by Crippen LogP contribution is 2.40. The maximum Gasteiger partial charge on any atom is 0.231 e. The number of carbonyl (C=O) groups is 1. The number of aromatic nitrogens is 1. The standard InChI is InChI=1S/C13H14N2OS/c1-8-7-9(8)12(16)15(2)13-14-10-5-3-4-6-11(10)17-13/h3-6,8-9H,7H2,1-2H3. The Bertz CT molecular complexity index is 545. The number of fused-ring (bicyclic) bond motifs is 1. The third-order valence-electron chi connectivity index (χ3n) is 3.33. The smallest absolute Gasteiger partial charge is 0.231 e. The van der Waals surface area contributed by atoms with Crippen LogP contribution in [-0.2, 0) is 4.79 Å². The zero-order valence-electron chi connectivity index (χ0n) is 9.88. The van der Waals surface area contributed by atoms with Crippen molar-refractivity contribution in [1.29, 1.82) is 0 Å². The quantitative estimate of drug-likeness (QED) is 0.816. The average Bonchev–Trinajstić information content (AvgIpc) is 2.92. The topological polar surface area (TPSA) is 33.2 Å². The van der Waals surface area contributed by atoms with Crippen LogP contribution in [0.4, 0.5) is 5.13 Å². The Morgan fingerprint density at radius 3 is 2.82 bits per heavy atom. The zero-order valence-corrected chi connectivity index (χ0v) is 10.7. The van der Waals surface area contributed by atoms with Crippen molar-refractivity contribution < 1.29 is 4.79 Å². The van der Waals surface area contributed by atoms with Gasteiger partial charge >= 0.3 is 0 Å². The van der Waals surface area contributed by atoms with Gasteiger partial charge in [0, 0.05) is 13.0 Å². The van der Waals surface area contributed by atoms with E-state index in [0.29, 0.717) is 5.92 Å². The highest BCUT2D eigenvalue weighted by molar-refractivity contribution is 7.22. The van der Waals surface area contributed by atoms with E-state index in [4.69, 9.17) is 0 Å². The van der Waals surface area contributed by atoms with Crippen molar-refractivity contribution in [3.8, 4) is 0 Å². The molecule has 0 aliphatic heterocycles. The number of amides is 1. The van der Waals surface area contributed by atoms with Gasteiger partial charge in [-0.2, -0.15) is 0 Å². The molecule has 4 heteroatoms. The number of anilines is 1. The summed E-state index contributed by atoms with van der Waals surface area (Å²) in [6.07, 6.45) is 1.02. The number of benzene rings is 1. The summed E-state index contributed by atoms with van der Waals surface area (Å²) in [5, 5.41) is 0.801. The van der Waals surface area contributed by atoms with Crippen LogP contribution in [0.5, 0.6) is 0 Å². The molecule has 3 rings (SSSR count). The monoisotopic (exact) mass is 246 g/mol.